The van der Waals surface area contributed by atoms with Crippen LogP contribution < -0.4 is 15.4 Å². The molecule has 8 nitrogen and oxygen atoms in total. The molecule has 0 bridgehead atoms. The molecule has 1 aliphatic heterocycles. The Morgan fingerprint density at radius 3 is 2.17 bits per heavy atom. The van der Waals surface area contributed by atoms with Crippen LogP contribution in [0.1, 0.15) is 36.5 Å². The fraction of sp³-hybridized carbons (Fsp3) is 0.333. The summed E-state index contributed by atoms with van der Waals surface area (Å²) in [4.78, 5) is 24.1. The van der Waals surface area contributed by atoms with E-state index >= 15 is 0 Å². The molecule has 0 spiro atoms. The Morgan fingerprint density at radius 1 is 1.00 bits per heavy atom. The van der Waals surface area contributed by atoms with Gasteiger partial charge in [0.2, 0.25) is 15.9 Å². The number of benzene rings is 2. The number of hydrogen-bond acceptors (Lipinski definition) is 5. The molecule has 0 saturated carbocycles. The smallest absolute Gasteiger partial charge is 0.255 e. The minimum Gasteiger partial charge on any atom is -0.495 e. The van der Waals surface area contributed by atoms with Gasteiger partial charge in [-0.25, -0.2) is 8.42 Å². The van der Waals surface area contributed by atoms with Gasteiger partial charge in [0, 0.05) is 36.4 Å². The second-order valence-corrected chi connectivity index (χ2v) is 8.82. The third-order valence-electron chi connectivity index (χ3n) is 4.86. The number of sulfonamides is 1. The summed E-state index contributed by atoms with van der Waals surface area (Å²) in [6, 6.07) is 11.0. The van der Waals surface area contributed by atoms with Crippen LogP contribution in [0.5, 0.6) is 5.75 Å². The van der Waals surface area contributed by atoms with Gasteiger partial charge in [-0.3, -0.25) is 9.59 Å². The number of carbonyl (C=O) groups is 2. The fourth-order valence-electron chi connectivity index (χ4n) is 3.18. The minimum absolute atomic E-state index is 0.0165. The highest BCUT2D eigenvalue weighted by Gasteiger charge is 2.30. The first-order valence-corrected chi connectivity index (χ1v) is 11.2. The molecule has 1 fully saturated rings. The zero-order valence-electron chi connectivity index (χ0n) is 17.0. The first-order chi connectivity index (χ1) is 14.3. The highest BCUT2D eigenvalue weighted by molar-refractivity contribution is 7.89. The monoisotopic (exact) mass is 431 g/mol. The molecule has 9 heteroatoms. The van der Waals surface area contributed by atoms with Crippen molar-refractivity contribution in [1.82, 2.24) is 4.31 Å². The van der Waals surface area contributed by atoms with Gasteiger partial charge in [-0.05, 0) is 55.3 Å². The SMILES string of the molecule is CCC(=O)Nc1ccc(NC(=O)c2ccc(OC)c(S(=O)(=O)N3CCCC3)c2)cc1. The Labute approximate surface area is 176 Å². The normalized spacial score (nSPS) is 14.3. The summed E-state index contributed by atoms with van der Waals surface area (Å²) in [6.45, 7) is 2.68. The highest BCUT2D eigenvalue weighted by Crippen LogP contribution is 2.30. The second-order valence-electron chi connectivity index (χ2n) is 6.91. The molecule has 3 rings (SSSR count). The summed E-state index contributed by atoms with van der Waals surface area (Å²) in [5.74, 6) is -0.341. The average Bonchev–Trinajstić information content (AvgIpc) is 3.30. The third-order valence-corrected chi connectivity index (χ3v) is 6.78. The lowest BCUT2D eigenvalue weighted by atomic mass is 10.2. The van der Waals surface area contributed by atoms with Gasteiger partial charge >= 0.3 is 0 Å². The molecule has 0 aromatic heterocycles. The van der Waals surface area contributed by atoms with E-state index in [1.54, 1.807) is 31.2 Å². The fourth-order valence-corrected chi connectivity index (χ4v) is 4.88. The van der Waals surface area contributed by atoms with Crippen molar-refractivity contribution in [1.29, 1.82) is 0 Å². The first kappa shape index (κ1) is 21.8. The Bertz CT molecular complexity index is 1030. The van der Waals surface area contributed by atoms with Gasteiger partial charge in [0.25, 0.3) is 5.91 Å². The van der Waals surface area contributed by atoms with E-state index in [0.29, 0.717) is 30.9 Å². The highest BCUT2D eigenvalue weighted by atomic mass is 32.2. The van der Waals surface area contributed by atoms with Crippen molar-refractivity contribution in [2.45, 2.75) is 31.1 Å². The van der Waals surface area contributed by atoms with E-state index < -0.39 is 15.9 Å². The van der Waals surface area contributed by atoms with Crippen molar-refractivity contribution in [2.24, 2.45) is 0 Å². The Morgan fingerprint density at radius 2 is 1.60 bits per heavy atom. The Balaban J connectivity index is 1.80. The average molecular weight is 432 g/mol. The summed E-state index contributed by atoms with van der Waals surface area (Å²) in [5.41, 5.74) is 1.36. The van der Waals surface area contributed by atoms with Crippen molar-refractivity contribution in [3.05, 3.63) is 48.0 Å². The van der Waals surface area contributed by atoms with Gasteiger partial charge in [-0.2, -0.15) is 4.31 Å². The number of hydrogen-bond donors (Lipinski definition) is 2. The van der Waals surface area contributed by atoms with E-state index in [2.05, 4.69) is 10.6 Å². The van der Waals surface area contributed by atoms with E-state index in [-0.39, 0.29) is 22.1 Å². The molecule has 2 aromatic rings. The predicted molar refractivity (Wildman–Crippen MR) is 114 cm³/mol. The summed E-state index contributed by atoms with van der Waals surface area (Å²) in [6.07, 6.45) is 2.01. The molecule has 0 atom stereocenters. The van der Waals surface area contributed by atoms with E-state index in [9.17, 15) is 18.0 Å². The van der Waals surface area contributed by atoms with Crippen molar-refractivity contribution in [3.63, 3.8) is 0 Å². The van der Waals surface area contributed by atoms with E-state index in [4.69, 9.17) is 4.74 Å². The third kappa shape index (κ3) is 4.80. The molecule has 30 heavy (non-hydrogen) atoms. The lowest BCUT2D eigenvalue weighted by Crippen LogP contribution is -2.28. The van der Waals surface area contributed by atoms with Crippen LogP contribution in [-0.4, -0.2) is 44.7 Å². The number of methoxy groups -OCH3 is 1. The molecule has 0 radical (unpaired) electrons. The summed E-state index contributed by atoms with van der Waals surface area (Å²) in [5, 5.41) is 5.47. The standard InChI is InChI=1S/C21H25N3O5S/c1-3-20(25)22-16-7-9-17(10-8-16)23-21(26)15-6-11-18(29-2)19(14-15)30(27,28)24-12-4-5-13-24/h6-11,14H,3-5,12-13H2,1-2H3,(H,22,25)(H,23,26). The second kappa shape index (κ2) is 9.27. The van der Waals surface area contributed by atoms with Crippen LogP contribution in [0, 0.1) is 0 Å². The Hall–Kier alpha value is -2.91. The lowest BCUT2D eigenvalue weighted by molar-refractivity contribution is -0.115. The van der Waals surface area contributed by atoms with Gasteiger partial charge in [0.15, 0.2) is 0 Å². The van der Waals surface area contributed by atoms with Gasteiger partial charge < -0.3 is 15.4 Å². The molecule has 1 aliphatic rings. The van der Waals surface area contributed by atoms with Crippen LogP contribution in [0.15, 0.2) is 47.4 Å². The van der Waals surface area contributed by atoms with E-state index in [1.165, 1.54) is 29.6 Å². The number of nitrogens with one attached hydrogen (secondary N) is 2. The maximum absolute atomic E-state index is 13.0. The van der Waals surface area contributed by atoms with Gasteiger partial charge in [0.1, 0.15) is 10.6 Å². The summed E-state index contributed by atoms with van der Waals surface area (Å²) < 4.78 is 32.6. The number of nitrogens with zero attached hydrogens (tertiary/aromatic N) is 1. The molecule has 1 saturated heterocycles. The lowest BCUT2D eigenvalue weighted by Gasteiger charge is -2.18. The number of amides is 2. The maximum atomic E-state index is 13.0. The molecule has 1 heterocycles. The van der Waals surface area contributed by atoms with Gasteiger partial charge in [0.05, 0.1) is 7.11 Å². The zero-order chi connectivity index (χ0) is 21.7. The molecule has 0 unspecified atom stereocenters. The van der Waals surface area contributed by atoms with Crippen molar-refractivity contribution < 1.29 is 22.7 Å². The Kier molecular flexibility index (Phi) is 6.73. The molecular weight excluding hydrogens is 406 g/mol. The maximum Gasteiger partial charge on any atom is 0.255 e. The van der Waals surface area contributed by atoms with Crippen LogP contribution in [0.3, 0.4) is 0 Å². The van der Waals surface area contributed by atoms with E-state index in [0.717, 1.165) is 12.8 Å². The topological polar surface area (TPSA) is 105 Å². The quantitative estimate of drug-likeness (QED) is 0.701. The summed E-state index contributed by atoms with van der Waals surface area (Å²) in [7, 11) is -2.34. The predicted octanol–water partition coefficient (Wildman–Crippen LogP) is 3.08. The first-order valence-electron chi connectivity index (χ1n) is 9.74. The largest absolute Gasteiger partial charge is 0.495 e. The van der Waals surface area contributed by atoms with Crippen molar-refractivity contribution >= 4 is 33.2 Å². The number of carbonyl (C=O) groups excluding carboxylic acids is 2. The molecule has 0 aliphatic carbocycles. The number of rotatable bonds is 7. The molecule has 2 N–H and O–H groups in total. The van der Waals surface area contributed by atoms with Crippen molar-refractivity contribution in [2.75, 3.05) is 30.8 Å². The van der Waals surface area contributed by atoms with Crippen molar-refractivity contribution in [3.8, 4) is 5.75 Å². The molecular formula is C21H25N3O5S. The van der Waals surface area contributed by atoms with Crippen LogP contribution in [-0.2, 0) is 14.8 Å². The molecule has 160 valence electrons. The van der Waals surface area contributed by atoms with Gasteiger partial charge in [-0.1, -0.05) is 6.92 Å². The van der Waals surface area contributed by atoms with Crippen LogP contribution in [0.4, 0.5) is 11.4 Å². The molecule has 2 amide bonds. The number of anilines is 2. The van der Waals surface area contributed by atoms with Crippen LogP contribution >= 0.6 is 0 Å². The van der Waals surface area contributed by atoms with Crippen LogP contribution in [0.25, 0.3) is 0 Å². The minimum atomic E-state index is -3.74. The molecule has 2 aromatic carbocycles. The summed E-state index contributed by atoms with van der Waals surface area (Å²) >= 11 is 0. The van der Waals surface area contributed by atoms with E-state index in [1.807, 2.05) is 0 Å². The van der Waals surface area contributed by atoms with Gasteiger partial charge in [-0.15, -0.1) is 0 Å². The number of ether oxygens (including phenoxy) is 1. The van der Waals surface area contributed by atoms with Crippen LogP contribution in [0.2, 0.25) is 0 Å². The zero-order valence-corrected chi connectivity index (χ0v) is 17.8.